The van der Waals surface area contributed by atoms with E-state index in [0.717, 1.165) is 31.1 Å². The average molecular weight is 191 g/mol. The molecule has 0 amide bonds. The van der Waals surface area contributed by atoms with Crippen LogP contribution in [0.25, 0.3) is 0 Å². The third-order valence-corrected chi connectivity index (χ3v) is 2.98. The van der Waals surface area contributed by atoms with Crippen LogP contribution in [0.1, 0.15) is 12.6 Å². The van der Waals surface area contributed by atoms with Crippen LogP contribution in [0.4, 0.5) is 5.82 Å². The van der Waals surface area contributed by atoms with Crippen molar-refractivity contribution in [2.45, 2.75) is 13.3 Å². The Bertz CT molecular complexity index is 311. The molecule has 1 aliphatic heterocycles. The summed E-state index contributed by atoms with van der Waals surface area (Å²) in [5, 5.41) is 3.40. The average Bonchev–Trinajstić information content (AvgIpc) is 2.52. The van der Waals surface area contributed by atoms with Crippen molar-refractivity contribution < 1.29 is 0 Å². The SMILES string of the molecule is CC1CNCC1Cc1cccc(N)n1. The van der Waals surface area contributed by atoms with Gasteiger partial charge in [0, 0.05) is 5.69 Å². The Labute approximate surface area is 84.7 Å². The molecule has 0 aliphatic carbocycles. The number of nitrogens with two attached hydrogens (primary N) is 1. The summed E-state index contributed by atoms with van der Waals surface area (Å²) in [6.07, 6.45) is 1.04. The lowest BCUT2D eigenvalue weighted by Gasteiger charge is -2.13. The number of hydrogen-bond acceptors (Lipinski definition) is 3. The highest BCUT2D eigenvalue weighted by atomic mass is 14.9. The van der Waals surface area contributed by atoms with Gasteiger partial charge in [0.05, 0.1) is 0 Å². The van der Waals surface area contributed by atoms with Crippen LogP contribution in [0.5, 0.6) is 0 Å². The highest BCUT2D eigenvalue weighted by Gasteiger charge is 2.23. The van der Waals surface area contributed by atoms with E-state index >= 15 is 0 Å². The first-order valence-corrected chi connectivity index (χ1v) is 5.18. The second-order valence-electron chi connectivity index (χ2n) is 4.15. The molecule has 2 atom stereocenters. The van der Waals surface area contributed by atoms with E-state index in [-0.39, 0.29) is 0 Å². The number of aromatic nitrogens is 1. The minimum Gasteiger partial charge on any atom is -0.384 e. The maximum Gasteiger partial charge on any atom is 0.123 e. The van der Waals surface area contributed by atoms with Gasteiger partial charge in [-0.3, -0.25) is 0 Å². The molecule has 3 N–H and O–H groups in total. The Morgan fingerprint density at radius 2 is 2.36 bits per heavy atom. The van der Waals surface area contributed by atoms with E-state index in [0.29, 0.717) is 11.7 Å². The summed E-state index contributed by atoms with van der Waals surface area (Å²) in [6.45, 7) is 4.53. The van der Waals surface area contributed by atoms with Crippen molar-refractivity contribution in [3.63, 3.8) is 0 Å². The summed E-state index contributed by atoms with van der Waals surface area (Å²) in [7, 11) is 0. The van der Waals surface area contributed by atoms with Crippen LogP contribution in [-0.2, 0) is 6.42 Å². The summed E-state index contributed by atoms with van der Waals surface area (Å²) in [5.74, 6) is 2.09. The molecule has 1 fully saturated rings. The van der Waals surface area contributed by atoms with Gasteiger partial charge < -0.3 is 11.1 Å². The van der Waals surface area contributed by atoms with Gasteiger partial charge in [0.2, 0.25) is 0 Å². The van der Waals surface area contributed by atoms with Gasteiger partial charge in [0.1, 0.15) is 5.82 Å². The van der Waals surface area contributed by atoms with Crippen molar-refractivity contribution in [1.82, 2.24) is 10.3 Å². The number of anilines is 1. The Balaban J connectivity index is 2.03. The number of nitrogen functional groups attached to an aromatic ring is 1. The zero-order chi connectivity index (χ0) is 9.97. The molecule has 2 rings (SSSR count). The molecule has 1 saturated heterocycles. The van der Waals surface area contributed by atoms with Gasteiger partial charge in [-0.05, 0) is 43.5 Å². The second kappa shape index (κ2) is 3.96. The van der Waals surface area contributed by atoms with Gasteiger partial charge in [-0.15, -0.1) is 0 Å². The first kappa shape index (κ1) is 9.46. The Kier molecular flexibility index (Phi) is 2.68. The lowest BCUT2D eigenvalue weighted by molar-refractivity contribution is 0.446. The highest BCUT2D eigenvalue weighted by molar-refractivity contribution is 5.28. The monoisotopic (exact) mass is 191 g/mol. The predicted octanol–water partition coefficient (Wildman–Crippen LogP) is 1.06. The number of hydrogen-bond donors (Lipinski definition) is 2. The topological polar surface area (TPSA) is 50.9 Å². The fraction of sp³-hybridized carbons (Fsp3) is 0.545. The lowest BCUT2D eigenvalue weighted by atomic mass is 9.93. The molecular weight excluding hydrogens is 174 g/mol. The molecule has 1 aromatic rings. The van der Waals surface area contributed by atoms with Gasteiger partial charge in [-0.1, -0.05) is 13.0 Å². The van der Waals surface area contributed by atoms with Gasteiger partial charge in [0.15, 0.2) is 0 Å². The third-order valence-electron chi connectivity index (χ3n) is 2.98. The zero-order valence-electron chi connectivity index (χ0n) is 8.53. The van der Waals surface area contributed by atoms with Crippen LogP contribution in [0, 0.1) is 11.8 Å². The molecule has 14 heavy (non-hydrogen) atoms. The van der Waals surface area contributed by atoms with Crippen LogP contribution >= 0.6 is 0 Å². The normalized spacial score (nSPS) is 26.6. The van der Waals surface area contributed by atoms with E-state index in [1.54, 1.807) is 0 Å². The van der Waals surface area contributed by atoms with E-state index in [9.17, 15) is 0 Å². The summed E-state index contributed by atoms with van der Waals surface area (Å²) >= 11 is 0. The maximum absolute atomic E-state index is 5.64. The van der Waals surface area contributed by atoms with E-state index in [1.165, 1.54) is 0 Å². The summed E-state index contributed by atoms with van der Waals surface area (Å²) < 4.78 is 0. The number of nitrogens with zero attached hydrogens (tertiary/aromatic N) is 1. The first-order valence-electron chi connectivity index (χ1n) is 5.18. The molecule has 3 heteroatoms. The molecule has 76 valence electrons. The smallest absolute Gasteiger partial charge is 0.123 e. The first-order chi connectivity index (χ1) is 6.75. The standard InChI is InChI=1S/C11H17N3/c1-8-6-13-7-9(8)5-10-3-2-4-11(12)14-10/h2-4,8-9,13H,5-7H2,1H3,(H2,12,14). The van der Waals surface area contributed by atoms with Crippen molar-refractivity contribution >= 4 is 5.82 Å². The molecule has 0 radical (unpaired) electrons. The molecule has 2 unspecified atom stereocenters. The van der Waals surface area contributed by atoms with Crippen molar-refractivity contribution in [3.8, 4) is 0 Å². The maximum atomic E-state index is 5.64. The third kappa shape index (κ3) is 2.04. The quantitative estimate of drug-likeness (QED) is 0.735. The molecule has 1 aromatic heterocycles. The van der Waals surface area contributed by atoms with Crippen molar-refractivity contribution in [3.05, 3.63) is 23.9 Å². The minimum atomic E-state index is 0.626. The Morgan fingerprint density at radius 3 is 3.00 bits per heavy atom. The van der Waals surface area contributed by atoms with Crippen LogP contribution < -0.4 is 11.1 Å². The highest BCUT2D eigenvalue weighted by Crippen LogP contribution is 2.20. The van der Waals surface area contributed by atoms with Gasteiger partial charge >= 0.3 is 0 Å². The van der Waals surface area contributed by atoms with Gasteiger partial charge in [-0.25, -0.2) is 4.98 Å². The lowest BCUT2D eigenvalue weighted by Crippen LogP contribution is -2.13. The van der Waals surface area contributed by atoms with E-state index in [2.05, 4.69) is 23.3 Å². The molecule has 0 spiro atoms. The van der Waals surface area contributed by atoms with E-state index in [4.69, 9.17) is 5.73 Å². The van der Waals surface area contributed by atoms with Gasteiger partial charge in [-0.2, -0.15) is 0 Å². The van der Waals surface area contributed by atoms with Crippen molar-refractivity contribution in [2.24, 2.45) is 11.8 Å². The molecule has 3 nitrogen and oxygen atoms in total. The van der Waals surface area contributed by atoms with Crippen LogP contribution in [-0.4, -0.2) is 18.1 Å². The number of rotatable bonds is 2. The predicted molar refractivity (Wildman–Crippen MR) is 57.9 cm³/mol. The Hall–Kier alpha value is -1.09. The fourth-order valence-corrected chi connectivity index (χ4v) is 2.02. The van der Waals surface area contributed by atoms with Crippen molar-refractivity contribution in [2.75, 3.05) is 18.8 Å². The summed E-state index contributed by atoms with van der Waals surface area (Å²) in [4.78, 5) is 4.32. The second-order valence-corrected chi connectivity index (χ2v) is 4.15. The van der Waals surface area contributed by atoms with Crippen molar-refractivity contribution in [1.29, 1.82) is 0 Å². The fourth-order valence-electron chi connectivity index (χ4n) is 2.02. The van der Waals surface area contributed by atoms with Crippen LogP contribution in [0.15, 0.2) is 18.2 Å². The molecule has 0 aromatic carbocycles. The van der Waals surface area contributed by atoms with E-state index in [1.807, 2.05) is 12.1 Å². The van der Waals surface area contributed by atoms with E-state index < -0.39 is 0 Å². The van der Waals surface area contributed by atoms with Gasteiger partial charge in [0.25, 0.3) is 0 Å². The summed E-state index contributed by atoms with van der Waals surface area (Å²) in [6, 6.07) is 5.87. The van der Waals surface area contributed by atoms with Crippen LogP contribution in [0.2, 0.25) is 0 Å². The largest absolute Gasteiger partial charge is 0.384 e. The molecule has 0 saturated carbocycles. The van der Waals surface area contributed by atoms with Crippen LogP contribution in [0.3, 0.4) is 0 Å². The zero-order valence-corrected chi connectivity index (χ0v) is 8.53. The molecule has 2 heterocycles. The number of pyridine rings is 1. The Morgan fingerprint density at radius 1 is 1.50 bits per heavy atom. The minimum absolute atomic E-state index is 0.626. The number of nitrogens with one attached hydrogen (secondary N) is 1. The molecule has 0 bridgehead atoms. The molecule has 1 aliphatic rings. The summed E-state index contributed by atoms with van der Waals surface area (Å²) in [5.41, 5.74) is 6.76. The molecular formula is C11H17N3.